The molecule has 3 aromatic carbocycles. The van der Waals surface area contributed by atoms with Gasteiger partial charge in [-0.05, 0) is 65.6 Å². The van der Waals surface area contributed by atoms with Crippen LogP contribution in [0.1, 0.15) is 33.1 Å². The fraction of sp³-hybridized carbons (Fsp3) is 0.208. The molecular weight excluding hydrogens is 440 g/mol. The molecule has 1 aliphatic heterocycles. The Morgan fingerprint density at radius 3 is 2.29 bits per heavy atom. The Balaban J connectivity index is 1.84. The first kappa shape index (κ1) is 21.5. The molecule has 0 N–H and O–H groups in total. The molecule has 0 unspecified atom stereocenters. The normalized spacial score (nSPS) is 15.4. The van der Waals surface area contributed by atoms with Crippen molar-refractivity contribution in [1.29, 1.82) is 0 Å². The molecule has 1 atom stereocenters. The van der Waals surface area contributed by atoms with Gasteiger partial charge in [0.05, 0.1) is 30.3 Å². The lowest BCUT2D eigenvalue weighted by molar-refractivity contribution is 0.0694. The number of methoxy groups -OCH3 is 2. The van der Waals surface area contributed by atoms with E-state index >= 15 is 0 Å². The molecule has 0 bridgehead atoms. The zero-order valence-corrected chi connectivity index (χ0v) is 18.5. The van der Waals surface area contributed by atoms with Gasteiger partial charge in [-0.1, -0.05) is 35.3 Å². The number of fused-ring (bicyclic) bond motifs is 1. The number of rotatable bonds is 4. The molecule has 0 fully saturated rings. The number of benzene rings is 3. The largest absolute Gasteiger partial charge is 0.493 e. The Kier molecular flexibility index (Phi) is 6.08. The average molecular weight is 460 g/mol. The average Bonchev–Trinajstić information content (AvgIpc) is 2.79. The monoisotopic (exact) mass is 459 g/mol. The van der Waals surface area contributed by atoms with Crippen molar-refractivity contribution >= 4 is 29.1 Å². The molecule has 1 amide bonds. The number of carbonyl (C=O) groups is 1. The van der Waals surface area contributed by atoms with Gasteiger partial charge in [0.1, 0.15) is 5.82 Å². The van der Waals surface area contributed by atoms with Crippen LogP contribution in [0.4, 0.5) is 4.39 Å². The Hall–Kier alpha value is -2.76. The summed E-state index contributed by atoms with van der Waals surface area (Å²) in [6.45, 7) is 0.476. The summed E-state index contributed by atoms with van der Waals surface area (Å²) in [5.74, 6) is 0.670. The molecule has 7 heteroatoms. The van der Waals surface area contributed by atoms with Gasteiger partial charge in [0.2, 0.25) is 0 Å². The Bertz CT molecular complexity index is 1130. The maximum absolute atomic E-state index is 13.6. The third-order valence-electron chi connectivity index (χ3n) is 5.49. The van der Waals surface area contributed by atoms with E-state index in [0.29, 0.717) is 40.1 Å². The minimum absolute atomic E-state index is 0.187. The van der Waals surface area contributed by atoms with Gasteiger partial charge in [-0.15, -0.1) is 0 Å². The fourth-order valence-corrected chi connectivity index (χ4v) is 4.26. The molecule has 160 valence electrons. The van der Waals surface area contributed by atoms with E-state index in [1.165, 1.54) is 12.1 Å². The second-order valence-corrected chi connectivity index (χ2v) is 8.05. The standard InChI is InChI=1S/C24H20Cl2FNO3/c1-30-21-12-15-9-10-28(24(29)16-5-8-19(25)20(26)11-16)23(18(15)13-22(21)31-2)14-3-6-17(27)7-4-14/h3-8,11-13,23H,9-10H2,1-2H3/t23-/m0/s1. The van der Waals surface area contributed by atoms with Crippen LogP contribution in [0.15, 0.2) is 54.6 Å². The topological polar surface area (TPSA) is 38.8 Å². The Morgan fingerprint density at radius 2 is 1.65 bits per heavy atom. The van der Waals surface area contributed by atoms with Crippen LogP contribution in [0.5, 0.6) is 11.5 Å². The lowest BCUT2D eigenvalue weighted by Gasteiger charge is -2.38. The van der Waals surface area contributed by atoms with Gasteiger partial charge >= 0.3 is 0 Å². The number of hydrogen-bond donors (Lipinski definition) is 0. The van der Waals surface area contributed by atoms with E-state index in [2.05, 4.69) is 0 Å². The highest BCUT2D eigenvalue weighted by Gasteiger charge is 2.34. The van der Waals surface area contributed by atoms with Gasteiger partial charge < -0.3 is 14.4 Å². The summed E-state index contributed by atoms with van der Waals surface area (Å²) in [6, 6.07) is 14.4. The second-order valence-electron chi connectivity index (χ2n) is 7.24. The maximum atomic E-state index is 13.6. The van der Waals surface area contributed by atoms with Crippen LogP contribution >= 0.6 is 23.2 Å². The van der Waals surface area contributed by atoms with E-state index in [9.17, 15) is 9.18 Å². The van der Waals surface area contributed by atoms with Gasteiger partial charge in [-0.2, -0.15) is 0 Å². The molecule has 0 aromatic heterocycles. The molecule has 0 saturated heterocycles. The van der Waals surface area contributed by atoms with Crippen LogP contribution in [0, 0.1) is 5.82 Å². The lowest BCUT2D eigenvalue weighted by Crippen LogP contribution is -2.40. The van der Waals surface area contributed by atoms with Crippen molar-refractivity contribution in [3.8, 4) is 11.5 Å². The highest BCUT2D eigenvalue weighted by molar-refractivity contribution is 6.42. The number of nitrogens with zero attached hydrogens (tertiary/aromatic N) is 1. The van der Waals surface area contributed by atoms with E-state index in [-0.39, 0.29) is 11.7 Å². The molecule has 0 saturated carbocycles. The molecular formula is C24H20Cl2FNO3. The first-order valence-electron chi connectivity index (χ1n) is 9.69. The van der Waals surface area contributed by atoms with Crippen molar-refractivity contribution in [2.24, 2.45) is 0 Å². The molecule has 3 aromatic rings. The van der Waals surface area contributed by atoms with Crippen LogP contribution in [-0.4, -0.2) is 31.6 Å². The minimum atomic E-state index is -0.425. The molecule has 4 nitrogen and oxygen atoms in total. The highest BCUT2D eigenvalue weighted by atomic mass is 35.5. The quantitative estimate of drug-likeness (QED) is 0.484. The van der Waals surface area contributed by atoms with E-state index in [4.69, 9.17) is 32.7 Å². The predicted molar refractivity (Wildman–Crippen MR) is 119 cm³/mol. The van der Waals surface area contributed by atoms with E-state index < -0.39 is 6.04 Å². The van der Waals surface area contributed by atoms with Crippen molar-refractivity contribution in [3.63, 3.8) is 0 Å². The third-order valence-corrected chi connectivity index (χ3v) is 6.23. The van der Waals surface area contributed by atoms with E-state index in [1.54, 1.807) is 49.5 Å². The van der Waals surface area contributed by atoms with Crippen molar-refractivity contribution in [2.75, 3.05) is 20.8 Å². The van der Waals surface area contributed by atoms with Gasteiger partial charge in [-0.3, -0.25) is 4.79 Å². The second kappa shape index (κ2) is 8.77. The SMILES string of the molecule is COc1cc2c(cc1OC)[C@H](c1ccc(F)cc1)N(C(=O)c1ccc(Cl)c(Cl)c1)CC2. The number of ether oxygens (including phenoxy) is 2. The summed E-state index contributed by atoms with van der Waals surface area (Å²) < 4.78 is 24.6. The third kappa shape index (κ3) is 4.08. The summed E-state index contributed by atoms with van der Waals surface area (Å²) in [5.41, 5.74) is 3.18. The van der Waals surface area contributed by atoms with Crippen LogP contribution in [0.25, 0.3) is 0 Å². The van der Waals surface area contributed by atoms with Crippen LogP contribution in [0.2, 0.25) is 10.0 Å². The summed E-state index contributed by atoms with van der Waals surface area (Å²) >= 11 is 12.2. The number of amides is 1. The van der Waals surface area contributed by atoms with Gasteiger partial charge in [-0.25, -0.2) is 4.39 Å². The number of carbonyl (C=O) groups excluding carboxylic acids is 1. The van der Waals surface area contributed by atoms with Crippen molar-refractivity contribution in [1.82, 2.24) is 4.90 Å². The zero-order valence-electron chi connectivity index (χ0n) is 17.0. The summed E-state index contributed by atoms with van der Waals surface area (Å²) in [4.78, 5) is 15.3. The minimum Gasteiger partial charge on any atom is -0.493 e. The Labute approximate surface area is 190 Å². The highest BCUT2D eigenvalue weighted by Crippen LogP contribution is 2.41. The molecule has 1 heterocycles. The van der Waals surface area contributed by atoms with Crippen molar-refractivity contribution < 1.29 is 18.7 Å². The summed E-state index contributed by atoms with van der Waals surface area (Å²) in [5, 5.41) is 0.698. The number of hydrogen-bond acceptors (Lipinski definition) is 3. The van der Waals surface area contributed by atoms with Crippen LogP contribution in [0.3, 0.4) is 0 Å². The molecule has 1 aliphatic rings. The molecule has 0 radical (unpaired) electrons. The van der Waals surface area contributed by atoms with Gasteiger partial charge in [0.15, 0.2) is 11.5 Å². The Morgan fingerprint density at radius 1 is 0.968 bits per heavy atom. The van der Waals surface area contributed by atoms with Gasteiger partial charge in [0, 0.05) is 12.1 Å². The van der Waals surface area contributed by atoms with Crippen molar-refractivity contribution in [3.05, 3.63) is 92.7 Å². The van der Waals surface area contributed by atoms with Gasteiger partial charge in [0.25, 0.3) is 5.91 Å². The van der Waals surface area contributed by atoms with Crippen molar-refractivity contribution in [2.45, 2.75) is 12.5 Å². The fourth-order valence-electron chi connectivity index (χ4n) is 3.96. The number of halogens is 3. The van der Waals surface area contributed by atoms with Crippen LogP contribution < -0.4 is 9.47 Å². The smallest absolute Gasteiger partial charge is 0.254 e. The summed E-state index contributed by atoms with van der Waals surface area (Å²) in [6.07, 6.45) is 0.639. The maximum Gasteiger partial charge on any atom is 0.254 e. The molecule has 31 heavy (non-hydrogen) atoms. The van der Waals surface area contributed by atoms with E-state index in [0.717, 1.165) is 16.7 Å². The van der Waals surface area contributed by atoms with Crippen LogP contribution in [-0.2, 0) is 6.42 Å². The first-order valence-corrected chi connectivity index (χ1v) is 10.4. The first-order chi connectivity index (χ1) is 14.9. The molecule has 4 rings (SSSR count). The zero-order chi connectivity index (χ0) is 22.1. The molecule has 0 aliphatic carbocycles. The summed E-state index contributed by atoms with van der Waals surface area (Å²) in [7, 11) is 3.16. The lowest BCUT2D eigenvalue weighted by atomic mass is 9.87. The molecule has 0 spiro atoms. The van der Waals surface area contributed by atoms with E-state index in [1.807, 2.05) is 12.1 Å². The predicted octanol–water partition coefficient (Wildman–Crippen LogP) is 5.94.